The third-order valence-corrected chi connectivity index (χ3v) is 5.20. The zero-order chi connectivity index (χ0) is 28.0. The van der Waals surface area contributed by atoms with Crippen molar-refractivity contribution in [1.82, 2.24) is 16.0 Å². The second-order valence-corrected chi connectivity index (χ2v) is 9.30. The van der Waals surface area contributed by atoms with Gasteiger partial charge in [0.1, 0.15) is 18.1 Å². The molecule has 0 spiro atoms. The molecule has 4 unspecified atom stereocenters. The molecule has 11 N–H and O–H groups in total. The van der Waals surface area contributed by atoms with Crippen LogP contribution in [-0.4, -0.2) is 76.5 Å². The lowest BCUT2D eigenvalue weighted by atomic mass is 10.0. The fourth-order valence-electron chi connectivity index (χ4n) is 3.12. The summed E-state index contributed by atoms with van der Waals surface area (Å²) >= 11 is 0. The first-order valence-electron chi connectivity index (χ1n) is 11.8. The van der Waals surface area contributed by atoms with Crippen LogP contribution < -0.4 is 33.2 Å². The van der Waals surface area contributed by atoms with Crippen LogP contribution in [0.5, 0.6) is 0 Å². The van der Waals surface area contributed by atoms with Gasteiger partial charge >= 0.3 is 11.9 Å². The van der Waals surface area contributed by atoms with Crippen molar-refractivity contribution in [2.75, 3.05) is 6.54 Å². The fourth-order valence-corrected chi connectivity index (χ4v) is 3.12. The lowest BCUT2D eigenvalue weighted by molar-refractivity contribution is -0.142. The number of nitrogens with two attached hydrogens (primary N) is 3. The molecule has 0 bridgehead atoms. The van der Waals surface area contributed by atoms with Crippen LogP contribution in [0.15, 0.2) is 4.99 Å². The summed E-state index contributed by atoms with van der Waals surface area (Å²) in [4.78, 5) is 64.7. The van der Waals surface area contributed by atoms with Gasteiger partial charge in [0.2, 0.25) is 17.7 Å². The molecule has 3 amide bonds. The first kappa shape index (κ1) is 32.6. The summed E-state index contributed by atoms with van der Waals surface area (Å²) in [6.07, 6.45) is -0.132. The minimum absolute atomic E-state index is 0.0462. The molecule has 0 rings (SSSR count). The second-order valence-electron chi connectivity index (χ2n) is 9.30. The monoisotopic (exact) mass is 515 g/mol. The molecule has 0 aliphatic carbocycles. The number of carboxylic acid groups (broad SMARTS) is 2. The molecule has 14 heteroatoms. The second kappa shape index (κ2) is 16.3. The van der Waals surface area contributed by atoms with E-state index in [0.29, 0.717) is 0 Å². The maximum atomic E-state index is 13.0. The summed E-state index contributed by atoms with van der Waals surface area (Å²) < 4.78 is 0. The van der Waals surface area contributed by atoms with E-state index in [-0.39, 0.29) is 50.0 Å². The average molecular weight is 516 g/mol. The Morgan fingerprint density at radius 2 is 1.33 bits per heavy atom. The number of hydrogen-bond acceptors (Lipinski definition) is 7. The maximum absolute atomic E-state index is 13.0. The van der Waals surface area contributed by atoms with Crippen LogP contribution in [0.4, 0.5) is 0 Å². The number of carbonyl (C=O) groups excluding carboxylic acids is 3. The van der Waals surface area contributed by atoms with Crippen LogP contribution in [-0.2, 0) is 24.0 Å². The summed E-state index contributed by atoms with van der Waals surface area (Å²) in [5, 5.41) is 25.9. The van der Waals surface area contributed by atoms with E-state index in [9.17, 15) is 29.1 Å². The highest BCUT2D eigenvalue weighted by Gasteiger charge is 2.31. The van der Waals surface area contributed by atoms with E-state index in [1.807, 2.05) is 13.8 Å². The Bertz CT molecular complexity index is 798. The van der Waals surface area contributed by atoms with Gasteiger partial charge in [-0.15, -0.1) is 0 Å². The van der Waals surface area contributed by atoms with Gasteiger partial charge in [0, 0.05) is 13.0 Å². The van der Waals surface area contributed by atoms with Crippen LogP contribution in [0.25, 0.3) is 0 Å². The molecule has 0 saturated heterocycles. The lowest BCUT2D eigenvalue weighted by Gasteiger charge is -2.26. The normalized spacial score (nSPS) is 14.3. The smallest absolute Gasteiger partial charge is 0.326 e. The topological polar surface area (TPSA) is 252 Å². The van der Waals surface area contributed by atoms with Crippen LogP contribution in [0.3, 0.4) is 0 Å². The third kappa shape index (κ3) is 13.5. The maximum Gasteiger partial charge on any atom is 0.326 e. The van der Waals surface area contributed by atoms with Gasteiger partial charge in [0.05, 0.1) is 6.04 Å². The van der Waals surface area contributed by atoms with E-state index >= 15 is 0 Å². The van der Waals surface area contributed by atoms with Gasteiger partial charge in [0.25, 0.3) is 0 Å². The summed E-state index contributed by atoms with van der Waals surface area (Å²) in [5.41, 5.74) is 16.3. The molecule has 0 saturated carbocycles. The summed E-state index contributed by atoms with van der Waals surface area (Å²) in [6.45, 7) is 7.23. The van der Waals surface area contributed by atoms with E-state index in [4.69, 9.17) is 22.3 Å². The minimum atomic E-state index is -1.27. The molecular formula is C22H41N7O7. The summed E-state index contributed by atoms with van der Waals surface area (Å²) in [5.74, 6) is -5.00. The van der Waals surface area contributed by atoms with Crippen molar-refractivity contribution >= 4 is 35.6 Å². The van der Waals surface area contributed by atoms with E-state index in [1.165, 1.54) is 0 Å². The first-order chi connectivity index (χ1) is 16.6. The highest BCUT2D eigenvalue weighted by molar-refractivity contribution is 5.94. The Labute approximate surface area is 210 Å². The highest BCUT2D eigenvalue weighted by Crippen LogP contribution is 2.09. The summed E-state index contributed by atoms with van der Waals surface area (Å²) in [6, 6.07) is -4.55. The zero-order valence-corrected chi connectivity index (χ0v) is 21.3. The average Bonchev–Trinajstić information content (AvgIpc) is 2.76. The molecule has 0 aliphatic heterocycles. The van der Waals surface area contributed by atoms with Gasteiger partial charge in [-0.3, -0.25) is 24.2 Å². The molecule has 0 heterocycles. The van der Waals surface area contributed by atoms with Gasteiger partial charge in [-0.25, -0.2) is 4.79 Å². The number of aliphatic carboxylic acids is 2. The van der Waals surface area contributed by atoms with E-state index in [2.05, 4.69) is 20.9 Å². The Balaban J connectivity index is 5.53. The first-order valence-corrected chi connectivity index (χ1v) is 11.8. The van der Waals surface area contributed by atoms with Crippen molar-refractivity contribution in [2.24, 2.45) is 34.0 Å². The molecule has 4 atom stereocenters. The fraction of sp³-hybridized carbons (Fsp3) is 0.727. The summed E-state index contributed by atoms with van der Waals surface area (Å²) in [7, 11) is 0. The van der Waals surface area contributed by atoms with Gasteiger partial charge in [-0.2, -0.15) is 0 Å². The minimum Gasteiger partial charge on any atom is -0.481 e. The third-order valence-electron chi connectivity index (χ3n) is 5.20. The van der Waals surface area contributed by atoms with Crippen LogP contribution in [0.1, 0.15) is 59.8 Å². The SMILES string of the molecule is CC(C)CC(NC(=O)C(CCC(=O)O)NC(=O)C(N)C(C)C)C(=O)NC(CCCN=C(N)N)C(=O)O. The Hall–Kier alpha value is -3.42. The van der Waals surface area contributed by atoms with Gasteiger partial charge in [-0.1, -0.05) is 27.7 Å². The number of carboxylic acids is 2. The van der Waals surface area contributed by atoms with Gasteiger partial charge < -0.3 is 43.4 Å². The van der Waals surface area contributed by atoms with Crippen molar-refractivity contribution in [3.8, 4) is 0 Å². The predicted molar refractivity (Wildman–Crippen MR) is 132 cm³/mol. The number of carbonyl (C=O) groups is 5. The van der Waals surface area contributed by atoms with Crippen LogP contribution in [0, 0.1) is 11.8 Å². The zero-order valence-electron chi connectivity index (χ0n) is 21.3. The largest absolute Gasteiger partial charge is 0.481 e. The highest BCUT2D eigenvalue weighted by atomic mass is 16.4. The van der Waals surface area contributed by atoms with Crippen LogP contribution in [0.2, 0.25) is 0 Å². The molecule has 0 radical (unpaired) electrons. The standard InChI is InChI=1S/C22H41N7O7/c1-11(2)10-15(19(33)28-14(21(35)36)6-5-9-26-22(24)25)29-18(32)13(7-8-16(30)31)27-20(34)17(23)12(3)4/h11-15,17H,5-10,23H2,1-4H3,(H,27,34)(H,28,33)(H,29,32)(H,30,31)(H,35,36)(H4,24,25,26). The Kier molecular flexibility index (Phi) is 14.7. The molecular weight excluding hydrogens is 474 g/mol. The van der Waals surface area contributed by atoms with Crippen molar-refractivity contribution in [2.45, 2.75) is 84.0 Å². The van der Waals surface area contributed by atoms with Gasteiger partial charge in [0.15, 0.2) is 5.96 Å². The van der Waals surface area contributed by atoms with Crippen molar-refractivity contribution < 1.29 is 34.2 Å². The number of rotatable bonds is 17. The van der Waals surface area contributed by atoms with Crippen molar-refractivity contribution in [1.29, 1.82) is 0 Å². The quantitative estimate of drug-likeness (QED) is 0.0630. The molecule has 0 aromatic rings. The molecule has 206 valence electrons. The predicted octanol–water partition coefficient (Wildman–Crippen LogP) is -1.53. The lowest BCUT2D eigenvalue weighted by Crippen LogP contribution is -2.57. The van der Waals surface area contributed by atoms with Crippen LogP contribution >= 0.6 is 0 Å². The Morgan fingerprint density at radius 1 is 0.806 bits per heavy atom. The van der Waals surface area contributed by atoms with Crippen molar-refractivity contribution in [3.05, 3.63) is 0 Å². The molecule has 0 aromatic carbocycles. The number of nitrogens with one attached hydrogen (secondary N) is 3. The van der Waals surface area contributed by atoms with E-state index in [0.717, 1.165) is 0 Å². The van der Waals surface area contributed by atoms with E-state index in [1.54, 1.807) is 13.8 Å². The number of amides is 3. The molecule has 0 aromatic heterocycles. The number of nitrogens with zero attached hydrogens (tertiary/aromatic N) is 1. The van der Waals surface area contributed by atoms with E-state index < -0.39 is 60.2 Å². The number of aliphatic imine (C=N–C) groups is 1. The number of guanidine groups is 1. The molecule has 14 nitrogen and oxygen atoms in total. The molecule has 0 aliphatic rings. The van der Waals surface area contributed by atoms with Crippen molar-refractivity contribution in [3.63, 3.8) is 0 Å². The van der Waals surface area contributed by atoms with Gasteiger partial charge in [-0.05, 0) is 37.5 Å². The number of hydrogen-bond donors (Lipinski definition) is 8. The molecule has 0 fully saturated rings. The molecule has 36 heavy (non-hydrogen) atoms. The Morgan fingerprint density at radius 3 is 1.81 bits per heavy atom.